The molecule has 4 aromatic rings. The third-order valence-corrected chi connectivity index (χ3v) is 7.62. The molecule has 1 unspecified atom stereocenters. The highest BCUT2D eigenvalue weighted by molar-refractivity contribution is 5.79. The molecule has 2 aliphatic rings. The summed E-state index contributed by atoms with van der Waals surface area (Å²) in [7, 11) is 0. The Morgan fingerprint density at radius 1 is 1.00 bits per heavy atom. The lowest BCUT2D eigenvalue weighted by Crippen LogP contribution is -2.55. The average Bonchev–Trinajstić information content (AvgIpc) is 3.34. The Bertz CT molecular complexity index is 1500. The quantitative estimate of drug-likeness (QED) is 0.391. The minimum Gasteiger partial charge on any atom is -0.367 e. The van der Waals surface area contributed by atoms with Gasteiger partial charge in [-0.2, -0.15) is 13.2 Å². The van der Waals surface area contributed by atoms with Crippen molar-refractivity contribution in [2.75, 3.05) is 36.0 Å². The van der Waals surface area contributed by atoms with Crippen molar-refractivity contribution in [2.45, 2.75) is 38.7 Å². The van der Waals surface area contributed by atoms with Crippen LogP contribution in [0, 0.1) is 0 Å². The maximum Gasteiger partial charge on any atom is 0.433 e. The Morgan fingerprint density at radius 3 is 2.64 bits per heavy atom. The Hall–Kier alpha value is -4.15. The summed E-state index contributed by atoms with van der Waals surface area (Å²) in [4.78, 5) is 31.9. The van der Waals surface area contributed by atoms with Crippen LogP contribution in [0.4, 0.5) is 24.5 Å². The molecular formula is C28H28F3N7O. The molecular weight excluding hydrogens is 507 g/mol. The topological polar surface area (TPSA) is 70.4 Å². The van der Waals surface area contributed by atoms with E-state index in [1.807, 2.05) is 17.0 Å². The molecule has 1 aromatic carbocycles. The van der Waals surface area contributed by atoms with Crippen molar-refractivity contribution >= 4 is 28.4 Å². The van der Waals surface area contributed by atoms with Gasteiger partial charge in [0.1, 0.15) is 17.8 Å². The summed E-state index contributed by atoms with van der Waals surface area (Å²) >= 11 is 0. The second-order valence-corrected chi connectivity index (χ2v) is 10.1. The SMILES string of the molecule is CC1CN(c2cccc3c2CN(c2ccc(C(F)(F)F)nc2)CC3)CCN1C(=O)Cn1cnc2cccnc21. The normalized spacial score (nSPS) is 17.9. The van der Waals surface area contributed by atoms with Crippen LogP contribution in [0.25, 0.3) is 11.2 Å². The number of hydrogen-bond donors (Lipinski definition) is 0. The number of nitrogens with zero attached hydrogens (tertiary/aromatic N) is 7. The highest BCUT2D eigenvalue weighted by Crippen LogP contribution is 2.34. The summed E-state index contributed by atoms with van der Waals surface area (Å²) in [6.07, 6.45) is 1.00. The number of fused-ring (bicyclic) bond motifs is 2. The Labute approximate surface area is 223 Å². The number of benzene rings is 1. The lowest BCUT2D eigenvalue weighted by Gasteiger charge is -2.43. The molecule has 0 bridgehead atoms. The first kappa shape index (κ1) is 25.1. The summed E-state index contributed by atoms with van der Waals surface area (Å²) in [6.45, 7) is 5.52. The zero-order chi connectivity index (χ0) is 27.1. The van der Waals surface area contributed by atoms with E-state index in [4.69, 9.17) is 0 Å². The largest absolute Gasteiger partial charge is 0.433 e. The highest BCUT2D eigenvalue weighted by Gasteiger charge is 2.33. The molecule has 2 aliphatic heterocycles. The van der Waals surface area contributed by atoms with E-state index in [0.29, 0.717) is 44.1 Å². The molecule has 11 heteroatoms. The van der Waals surface area contributed by atoms with Crippen molar-refractivity contribution in [3.63, 3.8) is 0 Å². The number of piperazine rings is 1. The fourth-order valence-electron chi connectivity index (χ4n) is 5.62. The van der Waals surface area contributed by atoms with E-state index in [2.05, 4.69) is 49.9 Å². The van der Waals surface area contributed by atoms with Crippen LogP contribution >= 0.6 is 0 Å². The predicted molar refractivity (Wildman–Crippen MR) is 141 cm³/mol. The number of hydrogen-bond acceptors (Lipinski definition) is 6. The zero-order valence-electron chi connectivity index (χ0n) is 21.5. The summed E-state index contributed by atoms with van der Waals surface area (Å²) in [5.41, 5.74) is 4.78. The van der Waals surface area contributed by atoms with Crippen LogP contribution in [0.1, 0.15) is 23.7 Å². The monoisotopic (exact) mass is 535 g/mol. The van der Waals surface area contributed by atoms with Gasteiger partial charge < -0.3 is 19.3 Å². The molecule has 6 rings (SSSR count). The first-order valence-electron chi connectivity index (χ1n) is 13.0. The van der Waals surface area contributed by atoms with E-state index in [9.17, 15) is 18.0 Å². The van der Waals surface area contributed by atoms with Gasteiger partial charge in [-0.15, -0.1) is 0 Å². The van der Waals surface area contributed by atoms with Gasteiger partial charge in [0.25, 0.3) is 0 Å². The van der Waals surface area contributed by atoms with E-state index in [0.717, 1.165) is 23.7 Å². The number of imidazole rings is 1. The molecule has 1 amide bonds. The van der Waals surface area contributed by atoms with Gasteiger partial charge in [-0.05, 0) is 54.8 Å². The van der Waals surface area contributed by atoms with Crippen molar-refractivity contribution in [3.05, 3.63) is 78.0 Å². The molecule has 3 aromatic heterocycles. The number of aromatic nitrogens is 4. The lowest BCUT2D eigenvalue weighted by molar-refractivity contribution is -0.141. The molecule has 5 heterocycles. The van der Waals surface area contributed by atoms with Crippen molar-refractivity contribution in [3.8, 4) is 0 Å². The van der Waals surface area contributed by atoms with Crippen molar-refractivity contribution in [1.29, 1.82) is 0 Å². The number of halogens is 3. The number of pyridine rings is 2. The van der Waals surface area contributed by atoms with Gasteiger partial charge in [-0.25, -0.2) is 15.0 Å². The van der Waals surface area contributed by atoms with Gasteiger partial charge in [0.2, 0.25) is 5.91 Å². The minimum atomic E-state index is -4.45. The molecule has 1 atom stereocenters. The van der Waals surface area contributed by atoms with Gasteiger partial charge in [-0.3, -0.25) is 4.79 Å². The summed E-state index contributed by atoms with van der Waals surface area (Å²) in [6, 6.07) is 12.5. The first-order chi connectivity index (χ1) is 18.8. The van der Waals surface area contributed by atoms with Crippen molar-refractivity contribution in [1.82, 2.24) is 24.4 Å². The van der Waals surface area contributed by atoms with E-state index in [-0.39, 0.29) is 18.5 Å². The lowest BCUT2D eigenvalue weighted by atomic mass is 9.96. The third-order valence-electron chi connectivity index (χ3n) is 7.62. The van der Waals surface area contributed by atoms with Crippen molar-refractivity contribution < 1.29 is 18.0 Å². The van der Waals surface area contributed by atoms with Gasteiger partial charge >= 0.3 is 6.18 Å². The predicted octanol–water partition coefficient (Wildman–Crippen LogP) is 4.15. The van der Waals surface area contributed by atoms with Gasteiger partial charge in [0.15, 0.2) is 5.65 Å². The van der Waals surface area contributed by atoms with Crippen LogP contribution in [-0.2, 0) is 30.5 Å². The molecule has 0 spiro atoms. The minimum absolute atomic E-state index is 0.00339. The molecule has 202 valence electrons. The second kappa shape index (κ2) is 9.87. The van der Waals surface area contributed by atoms with Crippen LogP contribution < -0.4 is 9.80 Å². The Kier molecular flexibility index (Phi) is 6.36. The molecule has 0 N–H and O–H groups in total. The van der Waals surface area contributed by atoms with E-state index in [1.165, 1.54) is 23.4 Å². The molecule has 0 saturated carbocycles. The fourth-order valence-corrected chi connectivity index (χ4v) is 5.62. The maximum absolute atomic E-state index is 13.2. The standard InChI is InChI=1S/C28H28F3N7O/c1-19-15-36(12-13-38(19)26(39)17-37-18-34-23-5-3-10-32-27(23)37)24-6-2-4-20-9-11-35(16-22(20)24)21-7-8-25(33-14-21)28(29,30)31/h2-8,10,14,18-19H,9,11-13,15-17H2,1H3. The summed E-state index contributed by atoms with van der Waals surface area (Å²) in [5.74, 6) is 0.0307. The van der Waals surface area contributed by atoms with Crippen LogP contribution in [-0.4, -0.2) is 62.5 Å². The average molecular weight is 536 g/mol. The Morgan fingerprint density at radius 2 is 1.87 bits per heavy atom. The van der Waals surface area contributed by atoms with Gasteiger partial charge in [0, 0.05) is 50.6 Å². The molecule has 1 saturated heterocycles. The number of carbonyl (C=O) groups excluding carboxylic acids is 1. The molecule has 1 fully saturated rings. The van der Waals surface area contributed by atoms with Crippen LogP contribution in [0.3, 0.4) is 0 Å². The zero-order valence-corrected chi connectivity index (χ0v) is 21.5. The molecule has 0 radical (unpaired) electrons. The van der Waals surface area contributed by atoms with E-state index < -0.39 is 11.9 Å². The van der Waals surface area contributed by atoms with Crippen LogP contribution in [0.5, 0.6) is 0 Å². The van der Waals surface area contributed by atoms with Crippen LogP contribution in [0.15, 0.2) is 61.2 Å². The summed E-state index contributed by atoms with van der Waals surface area (Å²) < 4.78 is 40.7. The number of anilines is 2. The molecule has 8 nitrogen and oxygen atoms in total. The Balaban J connectivity index is 1.16. The van der Waals surface area contributed by atoms with Gasteiger partial charge in [-0.1, -0.05) is 12.1 Å². The fraction of sp³-hybridized carbons (Fsp3) is 0.357. The smallest absolute Gasteiger partial charge is 0.367 e. The van der Waals surface area contributed by atoms with E-state index >= 15 is 0 Å². The van der Waals surface area contributed by atoms with Gasteiger partial charge in [0.05, 0.1) is 18.2 Å². The first-order valence-corrected chi connectivity index (χ1v) is 13.0. The number of amides is 1. The highest BCUT2D eigenvalue weighted by atomic mass is 19.4. The van der Waals surface area contributed by atoms with E-state index in [1.54, 1.807) is 17.1 Å². The number of rotatable bonds is 4. The van der Waals surface area contributed by atoms with Crippen molar-refractivity contribution in [2.24, 2.45) is 0 Å². The second-order valence-electron chi connectivity index (χ2n) is 10.1. The molecule has 0 aliphatic carbocycles. The maximum atomic E-state index is 13.2. The number of carbonyl (C=O) groups is 1. The van der Waals surface area contributed by atoms with Crippen LogP contribution in [0.2, 0.25) is 0 Å². The summed E-state index contributed by atoms with van der Waals surface area (Å²) in [5, 5.41) is 0. The third kappa shape index (κ3) is 4.88. The number of alkyl halides is 3. The molecule has 39 heavy (non-hydrogen) atoms.